The fourth-order valence-corrected chi connectivity index (χ4v) is 3.07. The standard InChI is InChI=1S/C17H21NO4/c1-5-22-15(20)12(11(2)19)10-17(3)13-8-6-7-9-14(13)18(4)16(17)21/h6-9,12H,5,10H2,1-4H3. The van der Waals surface area contributed by atoms with Crippen LogP contribution < -0.4 is 4.90 Å². The Balaban J connectivity index is 2.40. The van der Waals surface area contributed by atoms with Gasteiger partial charge in [-0.3, -0.25) is 14.4 Å². The maximum atomic E-state index is 12.7. The number of esters is 1. The van der Waals surface area contributed by atoms with Gasteiger partial charge in [-0.15, -0.1) is 0 Å². The number of anilines is 1. The van der Waals surface area contributed by atoms with Gasteiger partial charge in [0.15, 0.2) is 0 Å². The molecule has 5 nitrogen and oxygen atoms in total. The summed E-state index contributed by atoms with van der Waals surface area (Å²) >= 11 is 0. The highest BCUT2D eigenvalue weighted by molar-refractivity contribution is 6.08. The van der Waals surface area contributed by atoms with Crippen LogP contribution in [0.1, 0.15) is 32.8 Å². The van der Waals surface area contributed by atoms with Crippen molar-refractivity contribution in [3.63, 3.8) is 0 Å². The van der Waals surface area contributed by atoms with Crippen molar-refractivity contribution in [2.75, 3.05) is 18.6 Å². The molecule has 0 N–H and O–H groups in total. The van der Waals surface area contributed by atoms with Crippen LogP contribution in [0.3, 0.4) is 0 Å². The molecule has 2 atom stereocenters. The van der Waals surface area contributed by atoms with E-state index in [4.69, 9.17) is 4.74 Å². The van der Waals surface area contributed by atoms with Crippen molar-refractivity contribution < 1.29 is 19.1 Å². The van der Waals surface area contributed by atoms with E-state index in [2.05, 4.69) is 0 Å². The highest BCUT2D eigenvalue weighted by Gasteiger charge is 2.48. The molecule has 0 bridgehead atoms. The number of hydrogen-bond acceptors (Lipinski definition) is 4. The summed E-state index contributed by atoms with van der Waals surface area (Å²) in [5, 5.41) is 0. The van der Waals surface area contributed by atoms with Gasteiger partial charge >= 0.3 is 5.97 Å². The number of amides is 1. The van der Waals surface area contributed by atoms with Crippen LogP contribution in [-0.4, -0.2) is 31.3 Å². The first-order chi connectivity index (χ1) is 10.3. The summed E-state index contributed by atoms with van der Waals surface area (Å²) in [5.41, 5.74) is 0.772. The summed E-state index contributed by atoms with van der Waals surface area (Å²) in [6.45, 7) is 5.05. The first-order valence-corrected chi connectivity index (χ1v) is 7.37. The Morgan fingerprint density at radius 3 is 2.55 bits per heavy atom. The molecule has 0 radical (unpaired) electrons. The minimum atomic E-state index is -0.923. The van der Waals surface area contributed by atoms with E-state index >= 15 is 0 Å². The van der Waals surface area contributed by atoms with E-state index in [1.807, 2.05) is 24.3 Å². The maximum Gasteiger partial charge on any atom is 0.316 e. The lowest BCUT2D eigenvalue weighted by Gasteiger charge is -2.26. The monoisotopic (exact) mass is 303 g/mol. The minimum absolute atomic E-state index is 0.107. The van der Waals surface area contributed by atoms with Gasteiger partial charge in [0, 0.05) is 12.7 Å². The molecule has 1 aromatic rings. The van der Waals surface area contributed by atoms with Crippen LogP contribution in [0.2, 0.25) is 0 Å². The second-order valence-electron chi connectivity index (χ2n) is 5.83. The summed E-state index contributed by atoms with van der Waals surface area (Å²) in [5.74, 6) is -1.87. The van der Waals surface area contributed by atoms with E-state index in [-0.39, 0.29) is 24.7 Å². The third-order valence-electron chi connectivity index (χ3n) is 4.31. The van der Waals surface area contributed by atoms with E-state index in [9.17, 15) is 14.4 Å². The van der Waals surface area contributed by atoms with Crippen molar-refractivity contribution in [2.45, 2.75) is 32.6 Å². The molecular weight excluding hydrogens is 282 g/mol. The van der Waals surface area contributed by atoms with Crippen molar-refractivity contribution >= 4 is 23.3 Å². The van der Waals surface area contributed by atoms with E-state index in [0.29, 0.717) is 0 Å². The van der Waals surface area contributed by atoms with Crippen LogP contribution in [-0.2, 0) is 24.5 Å². The van der Waals surface area contributed by atoms with Gasteiger partial charge in [0.05, 0.1) is 12.0 Å². The first kappa shape index (κ1) is 16.2. The molecule has 22 heavy (non-hydrogen) atoms. The number of fused-ring (bicyclic) bond motifs is 1. The average molecular weight is 303 g/mol. The minimum Gasteiger partial charge on any atom is -0.465 e. The first-order valence-electron chi connectivity index (χ1n) is 7.37. The molecule has 2 unspecified atom stereocenters. The summed E-state index contributed by atoms with van der Waals surface area (Å²) in [6, 6.07) is 7.46. The SMILES string of the molecule is CCOC(=O)C(CC1(C)C(=O)N(C)c2ccccc21)C(C)=O. The zero-order chi connectivity index (χ0) is 16.5. The van der Waals surface area contributed by atoms with Gasteiger partial charge in [0.1, 0.15) is 11.7 Å². The number of Topliss-reactive ketones (excluding diaryl/α,β-unsaturated/α-hetero) is 1. The maximum absolute atomic E-state index is 12.7. The molecule has 2 rings (SSSR count). The molecule has 0 saturated carbocycles. The number of carbonyl (C=O) groups excluding carboxylic acids is 3. The van der Waals surface area contributed by atoms with Crippen molar-refractivity contribution in [1.29, 1.82) is 0 Å². The largest absolute Gasteiger partial charge is 0.465 e. The van der Waals surface area contributed by atoms with Crippen LogP contribution in [0.4, 0.5) is 5.69 Å². The topological polar surface area (TPSA) is 63.7 Å². The van der Waals surface area contributed by atoms with E-state index in [1.165, 1.54) is 6.92 Å². The Labute approximate surface area is 130 Å². The average Bonchev–Trinajstić information content (AvgIpc) is 2.68. The number of rotatable bonds is 5. The third kappa shape index (κ3) is 2.51. The molecule has 5 heteroatoms. The number of para-hydroxylation sites is 1. The molecule has 0 spiro atoms. The van der Waals surface area contributed by atoms with Crippen LogP contribution >= 0.6 is 0 Å². The quantitative estimate of drug-likeness (QED) is 0.617. The van der Waals surface area contributed by atoms with Gasteiger partial charge < -0.3 is 9.64 Å². The van der Waals surface area contributed by atoms with Gasteiger partial charge in [-0.05, 0) is 38.8 Å². The second-order valence-corrected chi connectivity index (χ2v) is 5.83. The molecule has 1 aromatic carbocycles. The fourth-order valence-electron chi connectivity index (χ4n) is 3.07. The van der Waals surface area contributed by atoms with Crippen LogP contribution in [0, 0.1) is 5.92 Å². The highest BCUT2D eigenvalue weighted by atomic mass is 16.5. The van der Waals surface area contributed by atoms with Gasteiger partial charge in [-0.2, -0.15) is 0 Å². The summed E-state index contributed by atoms with van der Waals surface area (Å²) in [7, 11) is 1.71. The normalized spacial score (nSPS) is 21.5. The van der Waals surface area contributed by atoms with Crippen molar-refractivity contribution in [3.05, 3.63) is 29.8 Å². The number of carbonyl (C=O) groups is 3. The molecule has 0 aliphatic carbocycles. The van der Waals surface area contributed by atoms with Crippen LogP contribution in [0.5, 0.6) is 0 Å². The number of ether oxygens (including phenoxy) is 1. The molecule has 1 amide bonds. The highest BCUT2D eigenvalue weighted by Crippen LogP contribution is 2.44. The van der Waals surface area contributed by atoms with E-state index in [0.717, 1.165) is 11.3 Å². The van der Waals surface area contributed by atoms with Gasteiger partial charge in [0.2, 0.25) is 5.91 Å². The van der Waals surface area contributed by atoms with Crippen LogP contribution in [0.25, 0.3) is 0 Å². The van der Waals surface area contributed by atoms with Crippen molar-refractivity contribution in [3.8, 4) is 0 Å². The molecule has 1 aliphatic rings. The Morgan fingerprint density at radius 2 is 1.95 bits per heavy atom. The summed E-state index contributed by atoms with van der Waals surface area (Å²) < 4.78 is 4.99. The molecule has 0 fully saturated rings. The number of nitrogens with zero attached hydrogens (tertiary/aromatic N) is 1. The third-order valence-corrected chi connectivity index (χ3v) is 4.31. The lowest BCUT2D eigenvalue weighted by molar-refractivity contribution is -0.152. The summed E-state index contributed by atoms with van der Waals surface area (Å²) in [4.78, 5) is 38.2. The van der Waals surface area contributed by atoms with Crippen molar-refractivity contribution in [2.24, 2.45) is 5.92 Å². The predicted octanol–water partition coefficient (Wildman–Crippen LogP) is 2.08. The zero-order valence-electron chi connectivity index (χ0n) is 13.4. The Morgan fingerprint density at radius 1 is 1.32 bits per heavy atom. The molecule has 0 saturated heterocycles. The molecular formula is C17H21NO4. The molecule has 1 heterocycles. The smallest absolute Gasteiger partial charge is 0.316 e. The lowest BCUT2D eigenvalue weighted by Crippen LogP contribution is -2.40. The van der Waals surface area contributed by atoms with E-state index in [1.54, 1.807) is 25.8 Å². The van der Waals surface area contributed by atoms with Crippen LogP contribution in [0.15, 0.2) is 24.3 Å². The van der Waals surface area contributed by atoms with E-state index < -0.39 is 17.3 Å². The second kappa shape index (κ2) is 5.91. The Bertz CT molecular complexity index is 625. The predicted molar refractivity (Wildman–Crippen MR) is 82.6 cm³/mol. The Kier molecular flexibility index (Phi) is 4.35. The summed E-state index contributed by atoms with van der Waals surface area (Å²) in [6.07, 6.45) is 0.126. The zero-order valence-corrected chi connectivity index (χ0v) is 13.4. The Hall–Kier alpha value is -2.17. The molecule has 0 aromatic heterocycles. The lowest BCUT2D eigenvalue weighted by atomic mass is 9.75. The van der Waals surface area contributed by atoms with Gasteiger partial charge in [0.25, 0.3) is 0 Å². The van der Waals surface area contributed by atoms with Gasteiger partial charge in [-0.25, -0.2) is 0 Å². The number of benzene rings is 1. The number of ketones is 1. The number of hydrogen-bond donors (Lipinski definition) is 0. The fraction of sp³-hybridized carbons (Fsp3) is 0.471. The number of likely N-dealkylation sites (N-methyl/N-ethyl adjacent to an activating group) is 1. The van der Waals surface area contributed by atoms with Gasteiger partial charge in [-0.1, -0.05) is 18.2 Å². The molecule has 118 valence electrons. The van der Waals surface area contributed by atoms with Crippen molar-refractivity contribution in [1.82, 2.24) is 0 Å². The molecule has 1 aliphatic heterocycles.